The van der Waals surface area contributed by atoms with Crippen molar-refractivity contribution in [1.29, 1.82) is 0 Å². The number of pyridine rings is 1. The van der Waals surface area contributed by atoms with E-state index in [4.69, 9.17) is 0 Å². The van der Waals surface area contributed by atoms with Gasteiger partial charge in [-0.15, -0.1) is 0 Å². The summed E-state index contributed by atoms with van der Waals surface area (Å²) >= 11 is 1.31. The van der Waals surface area contributed by atoms with Gasteiger partial charge in [0.25, 0.3) is 5.03 Å². The van der Waals surface area contributed by atoms with Gasteiger partial charge in [0.2, 0.25) is 5.91 Å². The van der Waals surface area contributed by atoms with Crippen LogP contribution in [0.4, 0.5) is 0 Å². The second-order valence-corrected chi connectivity index (χ2v) is 6.08. The lowest BCUT2D eigenvalue weighted by molar-refractivity contribution is -0.645. The van der Waals surface area contributed by atoms with Gasteiger partial charge in [0, 0.05) is 24.2 Å². The number of likely N-dealkylation sites (tertiary alicyclic amines) is 1. The third-order valence-corrected chi connectivity index (χ3v) is 4.62. The standard InChI is InChI=1S/C14H20N2O2S/c1-11-6-5-7-12(2)16(11)13(17)10-19-14-8-3-4-9-15(14)18/h3-4,8-9,11-12H,5-7,10H2,1-2H3/t11-,12-/m1/s1. The Morgan fingerprint density at radius 2 is 2.11 bits per heavy atom. The van der Waals surface area contributed by atoms with Crippen LogP contribution in [0.15, 0.2) is 29.4 Å². The summed E-state index contributed by atoms with van der Waals surface area (Å²) in [6, 6.07) is 5.87. The SMILES string of the molecule is C[C@@H]1CCC[C@@H](C)N1C(=O)CSc1cccc[n+]1[O-]. The van der Waals surface area contributed by atoms with E-state index in [1.54, 1.807) is 12.1 Å². The van der Waals surface area contributed by atoms with Gasteiger partial charge in [0.15, 0.2) is 6.20 Å². The fourth-order valence-electron chi connectivity index (χ4n) is 2.65. The molecule has 1 saturated heterocycles. The van der Waals surface area contributed by atoms with Gasteiger partial charge >= 0.3 is 0 Å². The summed E-state index contributed by atoms with van der Waals surface area (Å²) in [6.07, 6.45) is 4.80. The highest BCUT2D eigenvalue weighted by Gasteiger charge is 2.29. The predicted molar refractivity (Wildman–Crippen MR) is 75.7 cm³/mol. The maximum Gasteiger partial charge on any atom is 0.251 e. The molecule has 1 fully saturated rings. The van der Waals surface area contributed by atoms with Gasteiger partial charge in [0.1, 0.15) is 0 Å². The van der Waals surface area contributed by atoms with Crippen molar-refractivity contribution >= 4 is 17.7 Å². The van der Waals surface area contributed by atoms with Crippen molar-refractivity contribution in [3.63, 3.8) is 0 Å². The van der Waals surface area contributed by atoms with E-state index in [1.165, 1.54) is 24.4 Å². The molecule has 1 aliphatic rings. The number of hydrogen-bond donors (Lipinski definition) is 0. The second kappa shape index (κ2) is 6.28. The number of hydrogen-bond acceptors (Lipinski definition) is 3. The molecule has 0 unspecified atom stereocenters. The molecule has 1 amide bonds. The normalized spacial score (nSPS) is 23.4. The molecule has 1 aromatic heterocycles. The Kier molecular flexibility index (Phi) is 4.69. The van der Waals surface area contributed by atoms with Crippen LogP contribution in [0.2, 0.25) is 0 Å². The Morgan fingerprint density at radius 1 is 1.42 bits per heavy atom. The Labute approximate surface area is 118 Å². The molecule has 0 bridgehead atoms. The summed E-state index contributed by atoms with van der Waals surface area (Å²) in [5.74, 6) is 0.467. The quantitative estimate of drug-likeness (QED) is 0.484. The first-order chi connectivity index (χ1) is 9.09. The second-order valence-electron chi connectivity index (χ2n) is 5.08. The molecule has 0 aromatic carbocycles. The molecule has 0 N–H and O–H groups in total. The highest BCUT2D eigenvalue weighted by Crippen LogP contribution is 2.24. The topological polar surface area (TPSA) is 47.2 Å². The summed E-state index contributed by atoms with van der Waals surface area (Å²) < 4.78 is 0.807. The average Bonchev–Trinajstić information content (AvgIpc) is 2.37. The molecule has 0 saturated carbocycles. The zero-order chi connectivity index (χ0) is 13.8. The van der Waals surface area contributed by atoms with E-state index in [0.717, 1.165) is 17.6 Å². The molecule has 104 valence electrons. The summed E-state index contributed by atoms with van der Waals surface area (Å²) in [5, 5.41) is 12.1. The van der Waals surface area contributed by atoms with E-state index >= 15 is 0 Å². The maximum atomic E-state index is 12.3. The molecule has 2 atom stereocenters. The molecule has 0 aliphatic carbocycles. The van der Waals surface area contributed by atoms with Crippen LogP contribution in [0.5, 0.6) is 0 Å². The van der Waals surface area contributed by atoms with Gasteiger partial charge in [-0.3, -0.25) is 4.79 Å². The first-order valence-electron chi connectivity index (χ1n) is 6.71. The van der Waals surface area contributed by atoms with Crippen LogP contribution in [0.3, 0.4) is 0 Å². The first-order valence-corrected chi connectivity index (χ1v) is 7.70. The van der Waals surface area contributed by atoms with E-state index in [9.17, 15) is 10.0 Å². The predicted octanol–water partition coefficient (Wildman–Crippen LogP) is 2.20. The molecule has 4 nitrogen and oxygen atoms in total. The zero-order valence-corrected chi connectivity index (χ0v) is 12.2. The molecular formula is C14H20N2O2S. The number of rotatable bonds is 3. The molecule has 0 radical (unpaired) electrons. The Bertz CT molecular complexity index is 443. The van der Waals surface area contributed by atoms with Crippen LogP contribution in [0, 0.1) is 5.21 Å². The minimum atomic E-state index is 0.133. The largest absolute Gasteiger partial charge is 0.618 e. The van der Waals surface area contributed by atoms with Gasteiger partial charge in [-0.2, -0.15) is 4.73 Å². The molecule has 2 rings (SSSR count). The number of aromatic nitrogens is 1. The fraction of sp³-hybridized carbons (Fsp3) is 0.571. The molecule has 2 heterocycles. The fourth-order valence-corrected chi connectivity index (χ4v) is 3.43. The van der Waals surface area contributed by atoms with E-state index in [2.05, 4.69) is 13.8 Å². The number of piperidine rings is 1. The summed E-state index contributed by atoms with van der Waals surface area (Å²) in [5.41, 5.74) is 0. The van der Waals surface area contributed by atoms with Crippen LogP contribution < -0.4 is 4.73 Å². The van der Waals surface area contributed by atoms with Crippen molar-refractivity contribution in [2.24, 2.45) is 0 Å². The lowest BCUT2D eigenvalue weighted by atomic mass is 9.98. The van der Waals surface area contributed by atoms with Gasteiger partial charge in [0.05, 0.1) is 5.75 Å². The number of amides is 1. The maximum absolute atomic E-state index is 12.3. The van der Waals surface area contributed by atoms with E-state index in [1.807, 2.05) is 11.0 Å². The highest BCUT2D eigenvalue weighted by atomic mass is 32.2. The van der Waals surface area contributed by atoms with Crippen molar-refractivity contribution < 1.29 is 9.52 Å². The molecule has 5 heteroatoms. The van der Waals surface area contributed by atoms with Crippen LogP contribution >= 0.6 is 11.8 Å². The van der Waals surface area contributed by atoms with Crippen molar-refractivity contribution in [1.82, 2.24) is 4.90 Å². The molecule has 1 aromatic rings. The Balaban J connectivity index is 1.95. The Hall–Kier alpha value is -1.23. The van der Waals surface area contributed by atoms with Crippen molar-refractivity contribution in [3.8, 4) is 0 Å². The zero-order valence-electron chi connectivity index (χ0n) is 11.4. The van der Waals surface area contributed by atoms with Crippen LogP contribution in [-0.4, -0.2) is 28.6 Å². The van der Waals surface area contributed by atoms with Gasteiger partial charge in [-0.05, 0) is 50.9 Å². The monoisotopic (exact) mass is 280 g/mol. The highest BCUT2D eigenvalue weighted by molar-refractivity contribution is 7.99. The number of carbonyl (C=O) groups excluding carboxylic acids is 1. The summed E-state index contributed by atoms with van der Waals surface area (Å²) in [7, 11) is 0. The van der Waals surface area contributed by atoms with Crippen molar-refractivity contribution in [2.75, 3.05) is 5.75 Å². The minimum absolute atomic E-state index is 0.133. The van der Waals surface area contributed by atoms with Gasteiger partial charge < -0.3 is 10.1 Å². The number of carbonyl (C=O) groups is 1. The smallest absolute Gasteiger partial charge is 0.251 e. The van der Waals surface area contributed by atoms with Crippen molar-refractivity contribution in [3.05, 3.63) is 29.6 Å². The minimum Gasteiger partial charge on any atom is -0.618 e. The molecule has 1 aliphatic heterocycles. The number of nitrogens with zero attached hydrogens (tertiary/aromatic N) is 2. The molecule has 19 heavy (non-hydrogen) atoms. The van der Waals surface area contributed by atoms with Crippen LogP contribution in [-0.2, 0) is 4.79 Å². The lowest BCUT2D eigenvalue weighted by Crippen LogP contribution is -2.48. The summed E-state index contributed by atoms with van der Waals surface area (Å²) in [4.78, 5) is 14.3. The molecule has 0 spiro atoms. The van der Waals surface area contributed by atoms with Gasteiger partial charge in [-0.25, -0.2) is 0 Å². The first kappa shape index (κ1) is 14.2. The van der Waals surface area contributed by atoms with Crippen LogP contribution in [0.25, 0.3) is 0 Å². The average molecular weight is 280 g/mol. The van der Waals surface area contributed by atoms with Gasteiger partial charge in [-0.1, -0.05) is 0 Å². The molecular weight excluding hydrogens is 260 g/mol. The third kappa shape index (κ3) is 3.41. The number of thioether (sulfide) groups is 1. The van der Waals surface area contributed by atoms with E-state index in [0.29, 0.717) is 22.9 Å². The van der Waals surface area contributed by atoms with E-state index < -0.39 is 0 Å². The lowest BCUT2D eigenvalue weighted by Gasteiger charge is -2.39. The van der Waals surface area contributed by atoms with Crippen molar-refractivity contribution in [2.45, 2.75) is 50.2 Å². The summed E-state index contributed by atoms with van der Waals surface area (Å²) in [6.45, 7) is 4.21. The van der Waals surface area contributed by atoms with Crippen LogP contribution in [0.1, 0.15) is 33.1 Å². The third-order valence-electron chi connectivity index (χ3n) is 3.61. The van der Waals surface area contributed by atoms with E-state index in [-0.39, 0.29) is 5.91 Å². The Morgan fingerprint density at radius 3 is 2.74 bits per heavy atom.